The fourth-order valence-electron chi connectivity index (χ4n) is 2.00. The van der Waals surface area contributed by atoms with Crippen molar-refractivity contribution in [2.45, 2.75) is 19.3 Å². The molecule has 0 aliphatic heterocycles. The van der Waals surface area contributed by atoms with Gasteiger partial charge in [0.2, 0.25) is 0 Å². The number of nitrogens with zero attached hydrogens (tertiary/aromatic N) is 2. The van der Waals surface area contributed by atoms with E-state index in [1.165, 1.54) is 17.1 Å². The van der Waals surface area contributed by atoms with Crippen LogP contribution in [-0.4, -0.2) is 15.3 Å². The molecule has 4 nitrogen and oxygen atoms in total. The molecular formula is C12H11N3OS. The van der Waals surface area contributed by atoms with Crippen LogP contribution >= 0.6 is 11.5 Å². The molecule has 2 heterocycles. The van der Waals surface area contributed by atoms with Crippen molar-refractivity contribution in [2.75, 3.05) is 5.32 Å². The van der Waals surface area contributed by atoms with Gasteiger partial charge in [0.1, 0.15) is 5.00 Å². The Bertz CT molecular complexity index is 550. The van der Waals surface area contributed by atoms with Crippen LogP contribution in [0.1, 0.15) is 28.0 Å². The molecule has 1 aliphatic rings. The van der Waals surface area contributed by atoms with Gasteiger partial charge in [0, 0.05) is 18.0 Å². The minimum atomic E-state index is -0.114. The first-order chi connectivity index (χ1) is 8.34. The summed E-state index contributed by atoms with van der Waals surface area (Å²) in [7, 11) is 0. The molecule has 1 amide bonds. The zero-order valence-electron chi connectivity index (χ0n) is 9.14. The van der Waals surface area contributed by atoms with Crippen molar-refractivity contribution in [1.82, 2.24) is 9.36 Å². The molecule has 0 saturated carbocycles. The van der Waals surface area contributed by atoms with Crippen molar-refractivity contribution < 1.29 is 4.79 Å². The number of hydrogen-bond donors (Lipinski definition) is 1. The molecule has 3 rings (SSSR count). The van der Waals surface area contributed by atoms with Crippen molar-refractivity contribution in [2.24, 2.45) is 0 Å². The molecule has 0 radical (unpaired) electrons. The second-order valence-corrected chi connectivity index (χ2v) is 4.76. The minimum Gasteiger partial charge on any atom is -0.312 e. The summed E-state index contributed by atoms with van der Waals surface area (Å²) >= 11 is 1.37. The number of pyridine rings is 1. The largest absolute Gasteiger partial charge is 0.312 e. The molecule has 0 unspecified atom stereocenters. The van der Waals surface area contributed by atoms with E-state index in [0.717, 1.165) is 30.0 Å². The van der Waals surface area contributed by atoms with Gasteiger partial charge in [-0.1, -0.05) is 0 Å². The van der Waals surface area contributed by atoms with Crippen LogP contribution in [0.15, 0.2) is 24.5 Å². The zero-order chi connectivity index (χ0) is 11.7. The van der Waals surface area contributed by atoms with Gasteiger partial charge in [0.05, 0.1) is 11.3 Å². The Morgan fingerprint density at radius 1 is 1.41 bits per heavy atom. The second kappa shape index (κ2) is 4.25. The highest BCUT2D eigenvalue weighted by atomic mass is 32.1. The lowest BCUT2D eigenvalue weighted by Crippen LogP contribution is -2.11. The third kappa shape index (κ3) is 1.93. The molecule has 2 aromatic rings. The number of amides is 1. The average Bonchev–Trinajstić information content (AvgIpc) is 2.95. The summed E-state index contributed by atoms with van der Waals surface area (Å²) in [5.41, 5.74) is 2.94. The third-order valence-electron chi connectivity index (χ3n) is 2.86. The van der Waals surface area contributed by atoms with Gasteiger partial charge in [0.25, 0.3) is 5.91 Å². The average molecular weight is 245 g/mol. The van der Waals surface area contributed by atoms with Crippen molar-refractivity contribution in [3.8, 4) is 0 Å². The zero-order valence-corrected chi connectivity index (χ0v) is 9.96. The van der Waals surface area contributed by atoms with E-state index in [1.807, 2.05) is 0 Å². The SMILES string of the molecule is O=C(Nc1snc2c1CCC2)c1cccnc1. The van der Waals surface area contributed by atoms with Crippen molar-refractivity contribution in [3.05, 3.63) is 41.3 Å². The van der Waals surface area contributed by atoms with E-state index in [1.54, 1.807) is 24.5 Å². The van der Waals surface area contributed by atoms with E-state index in [0.29, 0.717) is 5.56 Å². The number of rotatable bonds is 2. The number of anilines is 1. The second-order valence-electron chi connectivity index (χ2n) is 3.99. The molecule has 86 valence electrons. The molecule has 0 fully saturated rings. The number of hydrogen-bond acceptors (Lipinski definition) is 4. The minimum absolute atomic E-state index is 0.114. The van der Waals surface area contributed by atoms with Crippen LogP contribution in [0.3, 0.4) is 0 Å². The number of nitrogens with one attached hydrogen (secondary N) is 1. The van der Waals surface area contributed by atoms with Crippen LogP contribution in [0.4, 0.5) is 5.00 Å². The standard InChI is InChI=1S/C12H11N3OS/c16-11(8-3-2-6-13-7-8)14-12-9-4-1-5-10(9)15-17-12/h2-3,6-7H,1,4-5H2,(H,14,16). The van der Waals surface area contributed by atoms with Gasteiger partial charge in [0.15, 0.2) is 0 Å². The fraction of sp³-hybridized carbons (Fsp3) is 0.250. The fourth-order valence-corrected chi connectivity index (χ4v) is 2.87. The quantitative estimate of drug-likeness (QED) is 0.883. The molecule has 1 N–H and O–H groups in total. The highest BCUT2D eigenvalue weighted by molar-refractivity contribution is 7.10. The van der Waals surface area contributed by atoms with E-state index in [2.05, 4.69) is 14.7 Å². The summed E-state index contributed by atoms with van der Waals surface area (Å²) in [6.07, 6.45) is 6.42. The number of aryl methyl sites for hydroxylation is 1. The van der Waals surface area contributed by atoms with Crippen LogP contribution in [0.5, 0.6) is 0 Å². The van der Waals surface area contributed by atoms with E-state index < -0.39 is 0 Å². The lowest BCUT2D eigenvalue weighted by Gasteiger charge is -2.03. The Morgan fingerprint density at radius 2 is 2.35 bits per heavy atom. The summed E-state index contributed by atoms with van der Waals surface area (Å²) in [5, 5.41) is 3.81. The lowest BCUT2D eigenvalue weighted by atomic mass is 10.2. The van der Waals surface area contributed by atoms with Gasteiger partial charge in [-0.15, -0.1) is 0 Å². The monoisotopic (exact) mass is 245 g/mol. The highest BCUT2D eigenvalue weighted by Gasteiger charge is 2.20. The molecule has 0 aromatic carbocycles. The van der Waals surface area contributed by atoms with Gasteiger partial charge in [-0.25, -0.2) is 0 Å². The van der Waals surface area contributed by atoms with Gasteiger partial charge >= 0.3 is 0 Å². The van der Waals surface area contributed by atoms with Crippen LogP contribution in [0, 0.1) is 0 Å². The predicted octanol–water partition coefficient (Wildman–Crippen LogP) is 2.28. The van der Waals surface area contributed by atoms with Gasteiger partial charge in [-0.2, -0.15) is 4.37 Å². The van der Waals surface area contributed by atoms with Gasteiger partial charge in [-0.3, -0.25) is 9.78 Å². The lowest BCUT2D eigenvalue weighted by molar-refractivity contribution is 0.102. The molecular weight excluding hydrogens is 234 g/mol. The molecule has 2 aromatic heterocycles. The number of aromatic nitrogens is 2. The molecule has 0 spiro atoms. The topological polar surface area (TPSA) is 54.9 Å². The Kier molecular flexibility index (Phi) is 2.60. The van der Waals surface area contributed by atoms with Crippen molar-refractivity contribution in [3.63, 3.8) is 0 Å². The first kappa shape index (κ1) is 10.4. The van der Waals surface area contributed by atoms with Crippen molar-refractivity contribution >= 4 is 22.4 Å². The van der Waals surface area contributed by atoms with Gasteiger partial charge < -0.3 is 5.32 Å². The maximum atomic E-state index is 11.9. The van der Waals surface area contributed by atoms with E-state index in [9.17, 15) is 4.79 Å². The number of carbonyl (C=O) groups excluding carboxylic acids is 1. The molecule has 0 bridgehead atoms. The number of carbonyl (C=O) groups is 1. The predicted molar refractivity (Wildman–Crippen MR) is 66.3 cm³/mol. The van der Waals surface area contributed by atoms with E-state index in [4.69, 9.17) is 0 Å². The van der Waals surface area contributed by atoms with E-state index >= 15 is 0 Å². The Hall–Kier alpha value is -1.75. The Balaban J connectivity index is 1.81. The highest BCUT2D eigenvalue weighted by Crippen LogP contribution is 2.32. The molecule has 1 aliphatic carbocycles. The first-order valence-electron chi connectivity index (χ1n) is 5.53. The Morgan fingerprint density at radius 3 is 3.18 bits per heavy atom. The van der Waals surface area contributed by atoms with Crippen LogP contribution in [0.2, 0.25) is 0 Å². The third-order valence-corrected chi connectivity index (χ3v) is 3.70. The van der Waals surface area contributed by atoms with Crippen LogP contribution in [0.25, 0.3) is 0 Å². The molecule has 17 heavy (non-hydrogen) atoms. The van der Waals surface area contributed by atoms with Crippen LogP contribution < -0.4 is 5.32 Å². The normalized spacial score (nSPS) is 13.4. The summed E-state index contributed by atoms with van der Waals surface area (Å²) in [4.78, 5) is 15.9. The molecule has 0 atom stereocenters. The summed E-state index contributed by atoms with van der Waals surface area (Å²) in [6.45, 7) is 0. The summed E-state index contributed by atoms with van der Waals surface area (Å²) < 4.78 is 4.35. The van der Waals surface area contributed by atoms with Gasteiger partial charge in [-0.05, 0) is 42.9 Å². The molecule has 0 saturated heterocycles. The number of fused-ring (bicyclic) bond motifs is 1. The summed E-state index contributed by atoms with van der Waals surface area (Å²) in [5.74, 6) is -0.114. The van der Waals surface area contributed by atoms with E-state index in [-0.39, 0.29) is 5.91 Å². The van der Waals surface area contributed by atoms with Crippen LogP contribution in [-0.2, 0) is 12.8 Å². The maximum Gasteiger partial charge on any atom is 0.257 e. The van der Waals surface area contributed by atoms with Crippen molar-refractivity contribution in [1.29, 1.82) is 0 Å². The first-order valence-corrected chi connectivity index (χ1v) is 6.31. The Labute approximate surface area is 103 Å². The smallest absolute Gasteiger partial charge is 0.257 e. The maximum absolute atomic E-state index is 11.9. The summed E-state index contributed by atoms with van der Waals surface area (Å²) in [6, 6.07) is 3.51. The molecule has 5 heteroatoms.